The van der Waals surface area contributed by atoms with Crippen LogP contribution in [0, 0.1) is 0 Å². The van der Waals surface area contributed by atoms with Gasteiger partial charge in [-0.3, -0.25) is 0 Å². The number of anilines is 3. The van der Waals surface area contributed by atoms with Crippen LogP contribution in [0.2, 0.25) is 0 Å². The summed E-state index contributed by atoms with van der Waals surface area (Å²) in [6, 6.07) is 66.7. The van der Waals surface area contributed by atoms with E-state index in [1.54, 1.807) is 0 Å². The van der Waals surface area contributed by atoms with Crippen LogP contribution in [0.3, 0.4) is 0 Å². The number of rotatable bonds is 5. The number of nitrogens with zero attached hydrogens (tertiary/aromatic N) is 1. The van der Waals surface area contributed by atoms with Crippen molar-refractivity contribution in [2.24, 2.45) is 0 Å². The van der Waals surface area contributed by atoms with Crippen LogP contribution >= 0.6 is 0 Å². The van der Waals surface area contributed by atoms with Crippen LogP contribution < -0.4 is 4.90 Å². The molecule has 248 valence electrons. The Hall–Kier alpha value is -7.10. The van der Waals surface area contributed by atoms with Crippen molar-refractivity contribution in [3.05, 3.63) is 188 Å². The summed E-state index contributed by atoms with van der Waals surface area (Å²) >= 11 is 0. The predicted octanol–water partition coefficient (Wildman–Crippen LogP) is 14.6. The normalized spacial score (nSPS) is 11.8. The molecule has 9 aromatic carbocycles. The molecule has 0 saturated heterocycles. The largest absolute Gasteiger partial charge is 0.455 e. The van der Waals surface area contributed by atoms with E-state index in [0.29, 0.717) is 0 Å². The summed E-state index contributed by atoms with van der Waals surface area (Å²) in [5, 5.41) is 9.06. The van der Waals surface area contributed by atoms with Gasteiger partial charge in [0.1, 0.15) is 22.3 Å². The lowest BCUT2D eigenvalue weighted by Crippen LogP contribution is -2.11. The fraction of sp³-hybridized carbons (Fsp3) is 0. The van der Waals surface area contributed by atoms with E-state index in [1.807, 2.05) is 12.1 Å². The molecule has 11 rings (SSSR count). The second-order valence-corrected chi connectivity index (χ2v) is 13.6. The first kappa shape index (κ1) is 29.6. The predicted molar refractivity (Wildman–Crippen MR) is 222 cm³/mol. The van der Waals surface area contributed by atoms with Gasteiger partial charge >= 0.3 is 0 Å². The molecule has 0 bridgehead atoms. The zero-order valence-electron chi connectivity index (χ0n) is 28.7. The van der Waals surface area contributed by atoms with E-state index in [4.69, 9.17) is 8.83 Å². The summed E-state index contributed by atoms with van der Waals surface area (Å²) in [6.07, 6.45) is 0. The van der Waals surface area contributed by atoms with Crippen LogP contribution in [-0.2, 0) is 0 Å². The monoisotopic (exact) mass is 677 g/mol. The van der Waals surface area contributed by atoms with Crippen molar-refractivity contribution in [2.75, 3.05) is 4.90 Å². The topological polar surface area (TPSA) is 29.5 Å². The third-order valence-corrected chi connectivity index (χ3v) is 10.7. The molecule has 11 aromatic rings. The summed E-state index contributed by atoms with van der Waals surface area (Å²) < 4.78 is 13.2. The molecule has 0 amide bonds. The molecule has 0 saturated carbocycles. The Morgan fingerprint density at radius 2 is 0.906 bits per heavy atom. The second-order valence-electron chi connectivity index (χ2n) is 13.6. The van der Waals surface area contributed by atoms with Gasteiger partial charge in [0.15, 0.2) is 0 Å². The van der Waals surface area contributed by atoms with Crippen LogP contribution in [-0.4, -0.2) is 0 Å². The molecule has 3 nitrogen and oxygen atoms in total. The van der Waals surface area contributed by atoms with Crippen molar-refractivity contribution in [3.63, 3.8) is 0 Å². The fourth-order valence-electron chi connectivity index (χ4n) is 8.25. The maximum absolute atomic E-state index is 6.78. The number of hydrogen-bond acceptors (Lipinski definition) is 3. The van der Waals surface area contributed by atoms with Crippen molar-refractivity contribution in [2.45, 2.75) is 0 Å². The molecule has 0 N–H and O–H groups in total. The maximum atomic E-state index is 6.78. The van der Waals surface area contributed by atoms with Crippen molar-refractivity contribution >= 4 is 82.5 Å². The standard InChI is InChI=1S/C50H31NO2/c1-2-15-35(16-3-1)51(44-24-10-14-32-13-4-5-17-36(32)44)45-31-43-48-37(21-12-26-47(48)53-50(43)41-20-7-6-18-39(41)45)33-27-29-34(30-28-33)38-22-11-23-42-40-19-8-9-25-46(40)52-49(38)42/h1-31H. The molecule has 2 aromatic heterocycles. The van der Waals surface area contributed by atoms with Crippen LogP contribution in [0.1, 0.15) is 0 Å². The lowest BCUT2D eigenvalue weighted by Gasteiger charge is -2.28. The van der Waals surface area contributed by atoms with E-state index >= 15 is 0 Å². The van der Waals surface area contributed by atoms with Crippen LogP contribution in [0.5, 0.6) is 0 Å². The SMILES string of the molecule is c1ccc(N(c2cccc3ccccc23)c2cc3c(oc4cccc(-c5ccc(-c6cccc7c6oc6ccccc67)cc5)c43)c3ccccc23)cc1. The summed E-state index contributed by atoms with van der Waals surface area (Å²) in [4.78, 5) is 2.40. The Labute approximate surface area is 305 Å². The highest BCUT2D eigenvalue weighted by Gasteiger charge is 2.23. The number of fused-ring (bicyclic) bond motifs is 9. The lowest BCUT2D eigenvalue weighted by atomic mass is 9.95. The number of para-hydroxylation sites is 3. The van der Waals surface area contributed by atoms with E-state index in [2.05, 4.69) is 181 Å². The van der Waals surface area contributed by atoms with Gasteiger partial charge in [-0.25, -0.2) is 0 Å². The molecule has 0 aliphatic rings. The maximum Gasteiger partial charge on any atom is 0.143 e. The van der Waals surface area contributed by atoms with Gasteiger partial charge in [-0.2, -0.15) is 0 Å². The van der Waals surface area contributed by atoms with E-state index in [0.717, 1.165) is 94.0 Å². The average molecular weight is 678 g/mol. The van der Waals surface area contributed by atoms with Gasteiger partial charge in [-0.05, 0) is 58.5 Å². The molecular formula is C50H31NO2. The van der Waals surface area contributed by atoms with E-state index in [-0.39, 0.29) is 0 Å². The minimum absolute atomic E-state index is 0.868. The van der Waals surface area contributed by atoms with Crippen LogP contribution in [0.15, 0.2) is 197 Å². The Bertz CT molecular complexity index is 3160. The Balaban J connectivity index is 1.13. The average Bonchev–Trinajstić information content (AvgIpc) is 3.81. The van der Waals surface area contributed by atoms with E-state index < -0.39 is 0 Å². The number of hydrogen-bond donors (Lipinski definition) is 0. The van der Waals surface area contributed by atoms with Crippen LogP contribution in [0.25, 0.3) is 87.7 Å². The Morgan fingerprint density at radius 3 is 1.75 bits per heavy atom. The van der Waals surface area contributed by atoms with Crippen molar-refractivity contribution in [1.29, 1.82) is 0 Å². The smallest absolute Gasteiger partial charge is 0.143 e. The van der Waals surface area contributed by atoms with Crippen molar-refractivity contribution in [1.82, 2.24) is 0 Å². The van der Waals surface area contributed by atoms with Gasteiger partial charge in [0.05, 0.1) is 11.4 Å². The quantitative estimate of drug-likeness (QED) is 0.182. The molecule has 3 heteroatoms. The zero-order chi connectivity index (χ0) is 34.9. The van der Waals surface area contributed by atoms with Crippen LogP contribution in [0.4, 0.5) is 17.1 Å². The van der Waals surface area contributed by atoms with Crippen molar-refractivity contribution < 1.29 is 8.83 Å². The highest BCUT2D eigenvalue weighted by Crippen LogP contribution is 2.47. The molecule has 0 unspecified atom stereocenters. The zero-order valence-corrected chi connectivity index (χ0v) is 28.7. The molecule has 2 heterocycles. The molecule has 0 spiro atoms. The minimum Gasteiger partial charge on any atom is -0.455 e. The van der Waals surface area contributed by atoms with E-state index in [9.17, 15) is 0 Å². The lowest BCUT2D eigenvalue weighted by molar-refractivity contribution is 0.670. The summed E-state index contributed by atoms with van der Waals surface area (Å²) in [7, 11) is 0. The second kappa shape index (κ2) is 11.7. The first-order valence-corrected chi connectivity index (χ1v) is 18.0. The molecule has 0 aliphatic heterocycles. The number of benzene rings is 9. The van der Waals surface area contributed by atoms with Gasteiger partial charge in [0.25, 0.3) is 0 Å². The Morgan fingerprint density at radius 1 is 0.340 bits per heavy atom. The molecule has 0 atom stereocenters. The van der Waals surface area contributed by atoms with Gasteiger partial charge in [0.2, 0.25) is 0 Å². The molecule has 0 radical (unpaired) electrons. The first-order chi connectivity index (χ1) is 26.3. The van der Waals surface area contributed by atoms with Gasteiger partial charge in [-0.1, -0.05) is 152 Å². The third kappa shape index (κ3) is 4.61. The first-order valence-electron chi connectivity index (χ1n) is 18.0. The molecule has 0 fully saturated rings. The number of furan rings is 2. The van der Waals surface area contributed by atoms with E-state index in [1.165, 1.54) is 10.8 Å². The van der Waals surface area contributed by atoms with Gasteiger partial charge in [0, 0.05) is 49.0 Å². The molecule has 53 heavy (non-hydrogen) atoms. The summed E-state index contributed by atoms with van der Waals surface area (Å²) in [5.41, 5.74) is 11.4. The molecule has 0 aliphatic carbocycles. The molecular weight excluding hydrogens is 647 g/mol. The van der Waals surface area contributed by atoms with Crippen molar-refractivity contribution in [3.8, 4) is 22.3 Å². The fourth-order valence-corrected chi connectivity index (χ4v) is 8.25. The summed E-state index contributed by atoms with van der Waals surface area (Å²) in [5.74, 6) is 0. The van der Waals surface area contributed by atoms with Gasteiger partial charge in [-0.15, -0.1) is 0 Å². The minimum atomic E-state index is 0.868. The van der Waals surface area contributed by atoms with Gasteiger partial charge < -0.3 is 13.7 Å². The highest BCUT2D eigenvalue weighted by molar-refractivity contribution is 6.23. The highest BCUT2D eigenvalue weighted by atomic mass is 16.3. The third-order valence-electron chi connectivity index (χ3n) is 10.7. The summed E-state index contributed by atoms with van der Waals surface area (Å²) in [6.45, 7) is 0. The Kier molecular flexibility index (Phi) is 6.55.